The Kier molecular flexibility index (Phi) is 5.40. The molecule has 3 atom stereocenters. The first-order valence-electron chi connectivity index (χ1n) is 6.55. The number of hydrogen-bond donors (Lipinski definition) is 1. The van der Waals surface area contributed by atoms with Crippen LogP contribution in [0.3, 0.4) is 0 Å². The van der Waals surface area contributed by atoms with Crippen LogP contribution in [-0.4, -0.2) is 43.2 Å². The predicted molar refractivity (Wildman–Crippen MR) is 68.6 cm³/mol. The third kappa shape index (κ3) is 3.96. The predicted octanol–water partition coefficient (Wildman–Crippen LogP) is 1.24. The highest BCUT2D eigenvalue weighted by molar-refractivity contribution is 5.79. The lowest BCUT2D eigenvalue weighted by molar-refractivity contribution is -0.135. The second-order valence-electron chi connectivity index (χ2n) is 5.43. The second kappa shape index (κ2) is 6.36. The molecule has 0 bridgehead atoms. The molecule has 0 spiro atoms. The zero-order valence-electron chi connectivity index (χ0n) is 11.5. The summed E-state index contributed by atoms with van der Waals surface area (Å²) in [5, 5.41) is 0. The lowest BCUT2D eigenvalue weighted by Crippen LogP contribution is -2.39. The molecule has 4 heteroatoms. The molecule has 100 valence electrons. The van der Waals surface area contributed by atoms with Gasteiger partial charge < -0.3 is 15.4 Å². The average Bonchev–Trinajstić information content (AvgIpc) is 2.70. The van der Waals surface area contributed by atoms with Gasteiger partial charge in [0.2, 0.25) is 5.91 Å². The van der Waals surface area contributed by atoms with Gasteiger partial charge in [-0.3, -0.25) is 4.79 Å². The molecule has 2 N–H and O–H groups in total. The Bertz CT molecular complexity index is 256. The van der Waals surface area contributed by atoms with Crippen molar-refractivity contribution in [2.75, 3.05) is 20.2 Å². The Hall–Kier alpha value is -0.610. The van der Waals surface area contributed by atoms with Gasteiger partial charge in [0.25, 0.3) is 0 Å². The van der Waals surface area contributed by atoms with E-state index in [4.69, 9.17) is 10.5 Å². The molecule has 1 aliphatic rings. The van der Waals surface area contributed by atoms with Crippen molar-refractivity contribution in [3.05, 3.63) is 0 Å². The van der Waals surface area contributed by atoms with E-state index in [1.165, 1.54) is 0 Å². The Balaban J connectivity index is 2.36. The first-order valence-corrected chi connectivity index (χ1v) is 6.55. The molecule has 4 nitrogen and oxygen atoms in total. The van der Waals surface area contributed by atoms with Gasteiger partial charge in [0.15, 0.2) is 0 Å². The van der Waals surface area contributed by atoms with Crippen molar-refractivity contribution >= 4 is 5.91 Å². The SMILES string of the molecule is CC(C)C(N)CCN(C)C(=O)C1CCOC1C. The van der Waals surface area contributed by atoms with Gasteiger partial charge in [-0.2, -0.15) is 0 Å². The van der Waals surface area contributed by atoms with Crippen LogP contribution in [0, 0.1) is 11.8 Å². The van der Waals surface area contributed by atoms with E-state index in [1.54, 1.807) is 4.90 Å². The van der Waals surface area contributed by atoms with Crippen molar-refractivity contribution in [3.63, 3.8) is 0 Å². The lowest BCUT2D eigenvalue weighted by atomic mass is 9.99. The normalized spacial score (nSPS) is 26.2. The molecule has 1 amide bonds. The van der Waals surface area contributed by atoms with Gasteiger partial charge in [-0.05, 0) is 25.7 Å². The fourth-order valence-electron chi connectivity index (χ4n) is 2.13. The van der Waals surface area contributed by atoms with E-state index in [0.29, 0.717) is 12.5 Å². The van der Waals surface area contributed by atoms with Gasteiger partial charge in [0.05, 0.1) is 12.0 Å². The topological polar surface area (TPSA) is 55.6 Å². The third-order valence-electron chi connectivity index (χ3n) is 3.72. The number of ether oxygens (including phenoxy) is 1. The van der Waals surface area contributed by atoms with E-state index < -0.39 is 0 Å². The fourth-order valence-corrected chi connectivity index (χ4v) is 2.13. The highest BCUT2D eigenvalue weighted by Crippen LogP contribution is 2.22. The third-order valence-corrected chi connectivity index (χ3v) is 3.72. The van der Waals surface area contributed by atoms with Crippen LogP contribution in [0.25, 0.3) is 0 Å². The molecule has 0 radical (unpaired) electrons. The number of rotatable bonds is 5. The summed E-state index contributed by atoms with van der Waals surface area (Å²) < 4.78 is 5.43. The number of carbonyl (C=O) groups is 1. The van der Waals surface area contributed by atoms with Crippen LogP contribution >= 0.6 is 0 Å². The van der Waals surface area contributed by atoms with E-state index in [1.807, 2.05) is 14.0 Å². The quantitative estimate of drug-likeness (QED) is 0.789. The maximum Gasteiger partial charge on any atom is 0.228 e. The van der Waals surface area contributed by atoms with Gasteiger partial charge >= 0.3 is 0 Å². The van der Waals surface area contributed by atoms with Crippen molar-refractivity contribution in [1.29, 1.82) is 0 Å². The molecule has 0 aromatic heterocycles. The summed E-state index contributed by atoms with van der Waals surface area (Å²) in [5.74, 6) is 0.702. The highest BCUT2D eigenvalue weighted by Gasteiger charge is 2.32. The lowest BCUT2D eigenvalue weighted by Gasteiger charge is -2.25. The zero-order chi connectivity index (χ0) is 13.0. The Morgan fingerprint density at radius 1 is 1.53 bits per heavy atom. The maximum atomic E-state index is 12.1. The molecular weight excluding hydrogens is 216 g/mol. The van der Waals surface area contributed by atoms with Gasteiger partial charge in [0, 0.05) is 26.2 Å². The minimum atomic E-state index is 0.0373. The summed E-state index contributed by atoms with van der Waals surface area (Å²) >= 11 is 0. The molecule has 3 unspecified atom stereocenters. The van der Waals surface area contributed by atoms with Gasteiger partial charge in [0.1, 0.15) is 0 Å². The Morgan fingerprint density at radius 2 is 2.18 bits per heavy atom. The molecule has 0 aromatic rings. The molecule has 1 aliphatic heterocycles. The molecule has 1 saturated heterocycles. The van der Waals surface area contributed by atoms with E-state index in [9.17, 15) is 4.79 Å². The first-order chi connectivity index (χ1) is 7.93. The van der Waals surface area contributed by atoms with Crippen molar-refractivity contribution in [2.24, 2.45) is 17.6 Å². The van der Waals surface area contributed by atoms with Crippen LogP contribution in [0.5, 0.6) is 0 Å². The van der Waals surface area contributed by atoms with E-state index in [-0.39, 0.29) is 24.0 Å². The molecule has 1 heterocycles. The molecule has 0 aliphatic carbocycles. The summed E-state index contributed by atoms with van der Waals surface area (Å²) in [6.45, 7) is 7.64. The van der Waals surface area contributed by atoms with Crippen LogP contribution in [0.1, 0.15) is 33.6 Å². The number of hydrogen-bond acceptors (Lipinski definition) is 3. The van der Waals surface area contributed by atoms with Crippen molar-refractivity contribution in [1.82, 2.24) is 4.90 Å². The minimum absolute atomic E-state index is 0.0373. The van der Waals surface area contributed by atoms with Crippen LogP contribution in [0.2, 0.25) is 0 Å². The minimum Gasteiger partial charge on any atom is -0.378 e. The smallest absolute Gasteiger partial charge is 0.228 e. The standard InChI is InChI=1S/C13H26N2O2/c1-9(2)12(14)5-7-15(4)13(16)11-6-8-17-10(11)3/h9-12H,5-8,14H2,1-4H3. The number of amides is 1. The largest absolute Gasteiger partial charge is 0.378 e. The van der Waals surface area contributed by atoms with Crippen molar-refractivity contribution in [3.8, 4) is 0 Å². The summed E-state index contributed by atoms with van der Waals surface area (Å²) in [4.78, 5) is 13.9. The van der Waals surface area contributed by atoms with Crippen molar-refractivity contribution < 1.29 is 9.53 Å². The van der Waals surface area contributed by atoms with Gasteiger partial charge in [-0.1, -0.05) is 13.8 Å². The Morgan fingerprint density at radius 3 is 2.65 bits per heavy atom. The summed E-state index contributed by atoms with van der Waals surface area (Å²) in [7, 11) is 1.86. The molecule has 1 fully saturated rings. The summed E-state index contributed by atoms with van der Waals surface area (Å²) in [5.41, 5.74) is 5.98. The van der Waals surface area contributed by atoms with Gasteiger partial charge in [-0.25, -0.2) is 0 Å². The Labute approximate surface area is 104 Å². The van der Waals surface area contributed by atoms with Crippen LogP contribution < -0.4 is 5.73 Å². The molecule has 1 rings (SSSR count). The van der Waals surface area contributed by atoms with Crippen LogP contribution in [0.15, 0.2) is 0 Å². The zero-order valence-corrected chi connectivity index (χ0v) is 11.5. The summed E-state index contributed by atoms with van der Waals surface area (Å²) in [6.07, 6.45) is 1.77. The number of carbonyl (C=O) groups excluding carboxylic acids is 1. The van der Waals surface area contributed by atoms with E-state index >= 15 is 0 Å². The first kappa shape index (κ1) is 14.5. The second-order valence-corrected chi connectivity index (χ2v) is 5.43. The van der Waals surface area contributed by atoms with Gasteiger partial charge in [-0.15, -0.1) is 0 Å². The fraction of sp³-hybridized carbons (Fsp3) is 0.923. The molecule has 17 heavy (non-hydrogen) atoms. The van der Waals surface area contributed by atoms with E-state index in [2.05, 4.69) is 13.8 Å². The molecule has 0 saturated carbocycles. The monoisotopic (exact) mass is 242 g/mol. The van der Waals surface area contributed by atoms with Crippen molar-refractivity contribution in [2.45, 2.75) is 45.8 Å². The van der Waals surface area contributed by atoms with Crippen LogP contribution in [0.4, 0.5) is 0 Å². The number of nitrogens with zero attached hydrogens (tertiary/aromatic N) is 1. The van der Waals surface area contributed by atoms with Crippen LogP contribution in [-0.2, 0) is 9.53 Å². The maximum absolute atomic E-state index is 12.1. The summed E-state index contributed by atoms with van der Waals surface area (Å²) in [6, 6.07) is 0.169. The van der Waals surface area contributed by atoms with E-state index in [0.717, 1.165) is 19.4 Å². The molecule has 0 aromatic carbocycles. The average molecular weight is 242 g/mol. The molecular formula is C13H26N2O2. The highest BCUT2D eigenvalue weighted by atomic mass is 16.5. The number of nitrogens with two attached hydrogens (primary N) is 1.